The molecule has 27 heavy (non-hydrogen) atoms. The number of hydrogen-bond donors (Lipinski definition) is 0. The molecule has 3 heterocycles. The Morgan fingerprint density at radius 3 is 2.48 bits per heavy atom. The van der Waals surface area contributed by atoms with Crippen LogP contribution in [-0.2, 0) is 16.1 Å². The van der Waals surface area contributed by atoms with Crippen molar-refractivity contribution in [2.75, 3.05) is 12.3 Å². The first kappa shape index (κ1) is 17.5. The van der Waals surface area contributed by atoms with Crippen LogP contribution in [0.2, 0.25) is 0 Å². The molecule has 0 aliphatic carbocycles. The van der Waals surface area contributed by atoms with Crippen molar-refractivity contribution in [3.8, 4) is 11.4 Å². The molecule has 0 bridgehead atoms. The molecule has 0 unspecified atom stereocenters. The molecule has 1 saturated heterocycles. The first-order valence-electron chi connectivity index (χ1n) is 8.69. The van der Waals surface area contributed by atoms with Gasteiger partial charge in [-0.2, -0.15) is 0 Å². The maximum atomic E-state index is 11.7. The summed E-state index contributed by atoms with van der Waals surface area (Å²) in [6.45, 7) is 0.894. The Morgan fingerprint density at radius 2 is 1.78 bits per heavy atom. The molecule has 1 aliphatic heterocycles. The van der Waals surface area contributed by atoms with Crippen molar-refractivity contribution in [1.82, 2.24) is 19.7 Å². The van der Waals surface area contributed by atoms with E-state index in [2.05, 4.69) is 10.2 Å². The van der Waals surface area contributed by atoms with E-state index < -0.39 is 0 Å². The average Bonchev–Trinajstić information content (AvgIpc) is 3.41. The van der Waals surface area contributed by atoms with Gasteiger partial charge in [0.2, 0.25) is 11.8 Å². The summed E-state index contributed by atoms with van der Waals surface area (Å²) in [5, 5.41) is 9.40. The Labute approximate surface area is 160 Å². The number of thioether (sulfide) groups is 1. The third-order valence-electron chi connectivity index (χ3n) is 4.34. The Hall–Kier alpha value is -2.87. The number of likely N-dealkylation sites (tertiary alicyclic amines) is 1. The van der Waals surface area contributed by atoms with E-state index in [1.165, 1.54) is 16.7 Å². The molecule has 8 heteroatoms. The van der Waals surface area contributed by atoms with Gasteiger partial charge < -0.3 is 4.42 Å². The molecule has 0 spiro atoms. The summed E-state index contributed by atoms with van der Waals surface area (Å²) in [5.74, 6) is 1.94. The van der Waals surface area contributed by atoms with E-state index in [0.29, 0.717) is 31.7 Å². The Morgan fingerprint density at radius 1 is 1.00 bits per heavy atom. The highest BCUT2D eigenvalue weighted by Crippen LogP contribution is 2.25. The molecular formula is C19H18N4O3S. The monoisotopic (exact) mass is 382 g/mol. The van der Waals surface area contributed by atoms with Gasteiger partial charge in [-0.3, -0.25) is 19.1 Å². The minimum Gasteiger partial charge on any atom is -0.467 e. The lowest BCUT2D eigenvalue weighted by atomic mass is 10.2. The van der Waals surface area contributed by atoms with Crippen LogP contribution in [0.5, 0.6) is 0 Å². The van der Waals surface area contributed by atoms with Crippen LogP contribution < -0.4 is 0 Å². The summed E-state index contributed by atoms with van der Waals surface area (Å²) in [6, 6.07) is 13.6. The van der Waals surface area contributed by atoms with Crippen LogP contribution in [0.4, 0.5) is 0 Å². The molecule has 4 rings (SSSR count). The SMILES string of the molecule is O=C1CCC(=O)N1CCSc1nnc(-c2ccccc2)n1Cc1ccco1. The zero-order chi connectivity index (χ0) is 18.6. The summed E-state index contributed by atoms with van der Waals surface area (Å²) >= 11 is 1.48. The lowest BCUT2D eigenvalue weighted by molar-refractivity contribution is -0.137. The summed E-state index contributed by atoms with van der Waals surface area (Å²) in [7, 11) is 0. The highest BCUT2D eigenvalue weighted by molar-refractivity contribution is 7.99. The zero-order valence-electron chi connectivity index (χ0n) is 14.6. The van der Waals surface area contributed by atoms with Crippen LogP contribution in [0, 0.1) is 0 Å². The normalized spacial score (nSPS) is 14.3. The molecule has 7 nitrogen and oxygen atoms in total. The van der Waals surface area contributed by atoms with Crippen molar-refractivity contribution < 1.29 is 14.0 Å². The fourth-order valence-electron chi connectivity index (χ4n) is 3.00. The number of imide groups is 1. The molecule has 2 aromatic heterocycles. The second-order valence-electron chi connectivity index (χ2n) is 6.13. The minimum absolute atomic E-state index is 0.0948. The molecule has 3 aromatic rings. The number of amides is 2. The van der Waals surface area contributed by atoms with Gasteiger partial charge in [-0.05, 0) is 12.1 Å². The topological polar surface area (TPSA) is 81.2 Å². The molecule has 0 radical (unpaired) electrons. The highest BCUT2D eigenvalue weighted by Gasteiger charge is 2.28. The highest BCUT2D eigenvalue weighted by atomic mass is 32.2. The number of nitrogens with zero attached hydrogens (tertiary/aromatic N) is 4. The smallest absolute Gasteiger partial charge is 0.229 e. The van der Waals surface area contributed by atoms with Gasteiger partial charge in [-0.1, -0.05) is 42.1 Å². The third-order valence-corrected chi connectivity index (χ3v) is 5.29. The van der Waals surface area contributed by atoms with Gasteiger partial charge in [0, 0.05) is 30.7 Å². The van der Waals surface area contributed by atoms with E-state index in [9.17, 15) is 9.59 Å². The maximum Gasteiger partial charge on any atom is 0.229 e. The molecule has 2 amide bonds. The molecule has 138 valence electrons. The maximum absolute atomic E-state index is 11.7. The van der Waals surface area contributed by atoms with Gasteiger partial charge in [0.1, 0.15) is 5.76 Å². The van der Waals surface area contributed by atoms with E-state index in [-0.39, 0.29) is 11.8 Å². The number of carbonyl (C=O) groups is 2. The predicted octanol–water partition coefficient (Wildman–Crippen LogP) is 2.83. The molecule has 0 N–H and O–H groups in total. The van der Waals surface area contributed by atoms with E-state index in [1.807, 2.05) is 47.0 Å². The lowest BCUT2D eigenvalue weighted by Gasteiger charge is -2.13. The fourth-order valence-corrected chi connectivity index (χ4v) is 3.86. The van der Waals surface area contributed by atoms with Crippen LogP contribution in [0.25, 0.3) is 11.4 Å². The quantitative estimate of drug-likeness (QED) is 0.462. The Balaban J connectivity index is 1.54. The van der Waals surface area contributed by atoms with Gasteiger partial charge in [-0.25, -0.2) is 0 Å². The molecule has 1 aliphatic rings. The average molecular weight is 382 g/mol. The van der Waals surface area contributed by atoms with Crippen molar-refractivity contribution in [3.05, 3.63) is 54.5 Å². The molecule has 0 atom stereocenters. The van der Waals surface area contributed by atoms with Crippen molar-refractivity contribution >= 4 is 23.6 Å². The van der Waals surface area contributed by atoms with Crippen molar-refractivity contribution in [1.29, 1.82) is 0 Å². The Kier molecular flexibility index (Phi) is 5.06. The number of carbonyl (C=O) groups excluding carboxylic acids is 2. The van der Waals surface area contributed by atoms with E-state index in [4.69, 9.17) is 4.42 Å². The van der Waals surface area contributed by atoms with Crippen LogP contribution in [0.1, 0.15) is 18.6 Å². The first-order valence-corrected chi connectivity index (χ1v) is 9.68. The van der Waals surface area contributed by atoms with E-state index in [1.54, 1.807) is 6.26 Å². The molecule has 1 aromatic carbocycles. The second kappa shape index (κ2) is 7.79. The lowest BCUT2D eigenvalue weighted by Crippen LogP contribution is -2.31. The summed E-state index contributed by atoms with van der Waals surface area (Å²) in [6.07, 6.45) is 2.27. The van der Waals surface area contributed by atoms with Crippen LogP contribution in [0.3, 0.4) is 0 Å². The van der Waals surface area contributed by atoms with Crippen molar-refractivity contribution in [2.45, 2.75) is 24.5 Å². The zero-order valence-corrected chi connectivity index (χ0v) is 15.4. The summed E-state index contributed by atoms with van der Waals surface area (Å²) in [4.78, 5) is 24.8. The molecule has 1 fully saturated rings. The van der Waals surface area contributed by atoms with Gasteiger partial charge in [0.25, 0.3) is 0 Å². The Bertz CT molecular complexity index is 921. The van der Waals surface area contributed by atoms with Gasteiger partial charge in [-0.15, -0.1) is 10.2 Å². The molecule has 0 saturated carbocycles. The number of benzene rings is 1. The fraction of sp³-hybridized carbons (Fsp3) is 0.263. The number of rotatable bonds is 7. The van der Waals surface area contributed by atoms with Crippen molar-refractivity contribution in [2.24, 2.45) is 0 Å². The van der Waals surface area contributed by atoms with Crippen LogP contribution in [-0.4, -0.2) is 43.8 Å². The predicted molar refractivity (Wildman–Crippen MR) is 99.9 cm³/mol. The number of furan rings is 1. The largest absolute Gasteiger partial charge is 0.467 e. The van der Waals surface area contributed by atoms with Gasteiger partial charge in [0.15, 0.2) is 11.0 Å². The second-order valence-corrected chi connectivity index (χ2v) is 7.19. The number of aromatic nitrogens is 3. The summed E-state index contributed by atoms with van der Waals surface area (Å²) < 4.78 is 7.48. The van der Waals surface area contributed by atoms with E-state index >= 15 is 0 Å². The van der Waals surface area contributed by atoms with Gasteiger partial charge in [0.05, 0.1) is 12.8 Å². The molecular weight excluding hydrogens is 364 g/mol. The standard InChI is InChI=1S/C19H18N4O3S/c24-16-8-9-17(25)22(16)10-12-27-19-21-20-18(14-5-2-1-3-6-14)23(19)13-15-7-4-11-26-15/h1-7,11H,8-10,12-13H2. The minimum atomic E-state index is -0.0948. The first-order chi connectivity index (χ1) is 13.2. The van der Waals surface area contributed by atoms with Crippen LogP contribution in [0.15, 0.2) is 58.3 Å². The van der Waals surface area contributed by atoms with Crippen molar-refractivity contribution in [3.63, 3.8) is 0 Å². The van der Waals surface area contributed by atoms with Gasteiger partial charge >= 0.3 is 0 Å². The third kappa shape index (κ3) is 3.80. The van der Waals surface area contributed by atoms with Crippen LogP contribution >= 0.6 is 11.8 Å². The summed E-state index contributed by atoms with van der Waals surface area (Å²) in [5.41, 5.74) is 0.966. The number of hydrogen-bond acceptors (Lipinski definition) is 6. The van der Waals surface area contributed by atoms with E-state index in [0.717, 1.165) is 22.3 Å².